The lowest BCUT2D eigenvalue weighted by Gasteiger charge is -2.32. The third-order valence-electron chi connectivity index (χ3n) is 5.30. The van der Waals surface area contributed by atoms with Crippen LogP contribution in [0.2, 0.25) is 0 Å². The molecular weight excluding hydrogens is 316 g/mol. The van der Waals surface area contributed by atoms with Crippen molar-refractivity contribution in [2.45, 2.75) is 83.2 Å². The highest BCUT2D eigenvalue weighted by Gasteiger charge is 2.20. The first-order chi connectivity index (χ1) is 12.2. The van der Waals surface area contributed by atoms with Crippen molar-refractivity contribution in [1.82, 2.24) is 20.9 Å². The van der Waals surface area contributed by atoms with Crippen LogP contribution in [0.3, 0.4) is 0 Å². The van der Waals surface area contributed by atoms with Crippen LogP contribution in [0, 0.1) is 0 Å². The van der Waals surface area contributed by atoms with Crippen LogP contribution < -0.4 is 16.0 Å². The number of hydrogen-bond donors (Lipinski definition) is 3. The van der Waals surface area contributed by atoms with Crippen molar-refractivity contribution in [2.75, 3.05) is 26.2 Å². The van der Waals surface area contributed by atoms with Crippen molar-refractivity contribution in [1.29, 1.82) is 0 Å². The molecule has 3 N–H and O–H groups in total. The van der Waals surface area contributed by atoms with E-state index in [4.69, 9.17) is 0 Å². The van der Waals surface area contributed by atoms with Gasteiger partial charge in [-0.3, -0.25) is 4.79 Å². The molecule has 1 aliphatic heterocycles. The van der Waals surface area contributed by atoms with Gasteiger partial charge >= 0.3 is 6.03 Å². The first-order valence-electron chi connectivity index (χ1n) is 10.2. The number of likely N-dealkylation sites (tertiary alicyclic amines) is 1. The molecule has 2 rings (SSSR count). The smallest absolute Gasteiger partial charge is 0.315 e. The molecule has 144 valence electrons. The quantitative estimate of drug-likeness (QED) is 0.587. The van der Waals surface area contributed by atoms with E-state index in [0.717, 1.165) is 45.3 Å². The Hall–Kier alpha value is -1.30. The minimum atomic E-state index is -0.0874. The van der Waals surface area contributed by atoms with Gasteiger partial charge in [0, 0.05) is 38.1 Å². The van der Waals surface area contributed by atoms with Crippen LogP contribution in [-0.2, 0) is 4.79 Å². The first-order valence-corrected chi connectivity index (χ1v) is 10.2. The zero-order chi connectivity index (χ0) is 17.9. The molecule has 3 amide bonds. The summed E-state index contributed by atoms with van der Waals surface area (Å²) >= 11 is 0. The fraction of sp³-hybridized carbons (Fsp3) is 0.895. The lowest BCUT2D eigenvalue weighted by Crippen LogP contribution is -2.45. The van der Waals surface area contributed by atoms with E-state index in [1.165, 1.54) is 25.7 Å². The zero-order valence-electron chi connectivity index (χ0n) is 15.8. The molecule has 6 nitrogen and oxygen atoms in total. The molecule has 6 heteroatoms. The molecule has 2 fully saturated rings. The van der Waals surface area contributed by atoms with Crippen molar-refractivity contribution < 1.29 is 9.59 Å². The van der Waals surface area contributed by atoms with Gasteiger partial charge in [0.2, 0.25) is 5.91 Å². The fourth-order valence-corrected chi connectivity index (χ4v) is 3.85. The predicted octanol–water partition coefficient (Wildman–Crippen LogP) is 2.39. The van der Waals surface area contributed by atoms with E-state index < -0.39 is 0 Å². The summed E-state index contributed by atoms with van der Waals surface area (Å²) in [4.78, 5) is 26.3. The van der Waals surface area contributed by atoms with E-state index in [-0.39, 0.29) is 11.9 Å². The molecule has 1 saturated carbocycles. The zero-order valence-corrected chi connectivity index (χ0v) is 15.8. The number of nitrogens with zero attached hydrogens (tertiary/aromatic N) is 1. The lowest BCUT2D eigenvalue weighted by atomic mass is 9.96. The SMILES string of the molecule is CCCN1CCC(NC(=O)CCCNC(=O)NC2CCCCC2)CC1. The largest absolute Gasteiger partial charge is 0.353 e. The maximum Gasteiger partial charge on any atom is 0.315 e. The summed E-state index contributed by atoms with van der Waals surface area (Å²) in [5, 5.41) is 9.05. The van der Waals surface area contributed by atoms with E-state index in [0.29, 0.717) is 31.5 Å². The second-order valence-corrected chi connectivity index (χ2v) is 7.52. The molecule has 1 heterocycles. The number of piperidine rings is 1. The van der Waals surface area contributed by atoms with Gasteiger partial charge in [0.05, 0.1) is 0 Å². The van der Waals surface area contributed by atoms with Crippen LogP contribution in [0.15, 0.2) is 0 Å². The minimum absolute atomic E-state index is 0.0874. The Bertz CT molecular complexity index is 402. The van der Waals surface area contributed by atoms with Crippen molar-refractivity contribution in [2.24, 2.45) is 0 Å². The first kappa shape index (κ1) is 20.0. The summed E-state index contributed by atoms with van der Waals surface area (Å²) in [5.41, 5.74) is 0. The summed E-state index contributed by atoms with van der Waals surface area (Å²) < 4.78 is 0. The van der Waals surface area contributed by atoms with Crippen LogP contribution in [0.5, 0.6) is 0 Å². The van der Waals surface area contributed by atoms with Gasteiger partial charge in [0.1, 0.15) is 0 Å². The number of amides is 3. The maximum absolute atomic E-state index is 12.0. The molecule has 1 saturated heterocycles. The van der Waals surface area contributed by atoms with Crippen LogP contribution in [0.4, 0.5) is 4.79 Å². The summed E-state index contributed by atoms with van der Waals surface area (Å²) in [7, 11) is 0. The Morgan fingerprint density at radius 3 is 2.32 bits per heavy atom. The molecule has 2 aliphatic rings. The van der Waals surface area contributed by atoms with E-state index in [2.05, 4.69) is 27.8 Å². The number of nitrogens with one attached hydrogen (secondary N) is 3. The van der Waals surface area contributed by atoms with Gasteiger partial charge in [-0.05, 0) is 45.1 Å². The van der Waals surface area contributed by atoms with Gasteiger partial charge in [-0.1, -0.05) is 26.2 Å². The molecule has 0 spiro atoms. The highest BCUT2D eigenvalue weighted by Crippen LogP contribution is 2.17. The molecule has 0 aromatic rings. The summed E-state index contributed by atoms with van der Waals surface area (Å²) in [5.74, 6) is 0.114. The van der Waals surface area contributed by atoms with Crippen molar-refractivity contribution in [3.8, 4) is 0 Å². The third-order valence-corrected chi connectivity index (χ3v) is 5.30. The second-order valence-electron chi connectivity index (χ2n) is 7.52. The van der Waals surface area contributed by atoms with Crippen LogP contribution in [-0.4, -0.2) is 55.1 Å². The fourth-order valence-electron chi connectivity index (χ4n) is 3.85. The van der Waals surface area contributed by atoms with Gasteiger partial charge in [-0.15, -0.1) is 0 Å². The Labute approximate surface area is 152 Å². The highest BCUT2D eigenvalue weighted by atomic mass is 16.2. The standard InChI is InChI=1S/C19H36N4O2/c1-2-13-23-14-10-17(11-15-23)21-18(24)9-6-12-20-19(25)22-16-7-4-3-5-8-16/h16-17H,2-15H2,1H3,(H,21,24)(H2,20,22,25). The summed E-state index contributed by atoms with van der Waals surface area (Å²) in [6.45, 7) is 6.09. The second kappa shape index (κ2) is 11.3. The van der Waals surface area contributed by atoms with Crippen LogP contribution in [0.25, 0.3) is 0 Å². The average Bonchev–Trinajstić information content (AvgIpc) is 2.61. The van der Waals surface area contributed by atoms with Gasteiger partial charge in [0.15, 0.2) is 0 Å². The number of carbonyl (C=O) groups excluding carboxylic acids is 2. The number of carbonyl (C=O) groups is 2. The molecule has 0 unspecified atom stereocenters. The molecular formula is C19H36N4O2. The van der Waals surface area contributed by atoms with Crippen molar-refractivity contribution in [3.05, 3.63) is 0 Å². The van der Waals surface area contributed by atoms with Gasteiger partial charge in [-0.2, -0.15) is 0 Å². The van der Waals surface area contributed by atoms with E-state index >= 15 is 0 Å². The Morgan fingerprint density at radius 2 is 1.64 bits per heavy atom. The summed E-state index contributed by atoms with van der Waals surface area (Å²) in [6.07, 6.45) is 10.4. The van der Waals surface area contributed by atoms with E-state index in [9.17, 15) is 9.59 Å². The Kier molecular flexibility index (Phi) is 9.08. The normalized spacial score (nSPS) is 20.2. The molecule has 0 aromatic carbocycles. The molecule has 0 atom stereocenters. The Balaban J connectivity index is 1.48. The van der Waals surface area contributed by atoms with Gasteiger partial charge in [0.25, 0.3) is 0 Å². The highest BCUT2D eigenvalue weighted by molar-refractivity contribution is 5.76. The summed E-state index contributed by atoms with van der Waals surface area (Å²) in [6, 6.07) is 0.564. The molecule has 25 heavy (non-hydrogen) atoms. The minimum Gasteiger partial charge on any atom is -0.353 e. The van der Waals surface area contributed by atoms with Gasteiger partial charge in [-0.25, -0.2) is 4.79 Å². The van der Waals surface area contributed by atoms with E-state index in [1.54, 1.807) is 0 Å². The number of urea groups is 1. The van der Waals surface area contributed by atoms with Crippen LogP contribution >= 0.6 is 0 Å². The molecule has 1 aliphatic carbocycles. The van der Waals surface area contributed by atoms with Crippen molar-refractivity contribution >= 4 is 11.9 Å². The average molecular weight is 353 g/mol. The molecule has 0 aromatic heterocycles. The van der Waals surface area contributed by atoms with E-state index in [1.807, 2.05) is 0 Å². The lowest BCUT2D eigenvalue weighted by molar-refractivity contribution is -0.122. The number of hydrogen-bond acceptors (Lipinski definition) is 3. The maximum atomic E-state index is 12.0. The Morgan fingerprint density at radius 1 is 0.960 bits per heavy atom. The third kappa shape index (κ3) is 8.08. The molecule has 0 radical (unpaired) electrons. The number of rotatable bonds is 8. The van der Waals surface area contributed by atoms with Crippen molar-refractivity contribution in [3.63, 3.8) is 0 Å². The van der Waals surface area contributed by atoms with Crippen LogP contribution in [0.1, 0.15) is 71.1 Å². The predicted molar refractivity (Wildman–Crippen MR) is 101 cm³/mol. The topological polar surface area (TPSA) is 73.5 Å². The monoisotopic (exact) mass is 352 g/mol. The van der Waals surface area contributed by atoms with Gasteiger partial charge < -0.3 is 20.9 Å². The molecule has 0 bridgehead atoms.